The molecule has 1 aromatic carbocycles. The van der Waals surface area contributed by atoms with Gasteiger partial charge in [-0.1, -0.05) is 26.7 Å². The third-order valence-corrected chi connectivity index (χ3v) is 6.52. The van der Waals surface area contributed by atoms with E-state index in [2.05, 4.69) is 18.7 Å². The molecule has 29 heavy (non-hydrogen) atoms. The fourth-order valence-corrected chi connectivity index (χ4v) is 4.61. The Balaban J connectivity index is 1.64. The average Bonchev–Trinajstić information content (AvgIpc) is 3.29. The van der Waals surface area contributed by atoms with Crippen molar-refractivity contribution < 1.29 is 23.4 Å². The summed E-state index contributed by atoms with van der Waals surface area (Å²) in [6.45, 7) is 8.31. The molecule has 2 aliphatic rings. The molecule has 0 N–H and O–H groups in total. The van der Waals surface area contributed by atoms with Gasteiger partial charge in [0.25, 0.3) is 0 Å². The minimum atomic E-state index is -0.442. The van der Waals surface area contributed by atoms with Crippen molar-refractivity contribution in [1.29, 1.82) is 0 Å². The van der Waals surface area contributed by atoms with Crippen LogP contribution in [0.4, 0.5) is 4.39 Å². The molecule has 0 atom stereocenters. The van der Waals surface area contributed by atoms with Gasteiger partial charge >= 0.3 is 5.97 Å². The number of hydrogen-bond acceptors (Lipinski definition) is 5. The second-order valence-corrected chi connectivity index (χ2v) is 8.09. The molecule has 0 radical (unpaired) electrons. The van der Waals surface area contributed by atoms with E-state index in [4.69, 9.17) is 14.2 Å². The fraction of sp³-hybridized carbons (Fsp3) is 0.696. The van der Waals surface area contributed by atoms with Crippen molar-refractivity contribution in [3.63, 3.8) is 0 Å². The highest BCUT2D eigenvalue weighted by molar-refractivity contribution is 5.89. The first kappa shape index (κ1) is 22.0. The van der Waals surface area contributed by atoms with E-state index < -0.39 is 11.8 Å². The first-order valence-electron chi connectivity index (χ1n) is 11.0. The molecule has 1 aliphatic carbocycles. The number of ether oxygens (including phenoxy) is 3. The zero-order valence-electron chi connectivity index (χ0n) is 17.8. The Hall–Kier alpha value is -1.66. The summed E-state index contributed by atoms with van der Waals surface area (Å²) >= 11 is 0. The van der Waals surface area contributed by atoms with Crippen molar-refractivity contribution in [2.45, 2.75) is 58.0 Å². The van der Waals surface area contributed by atoms with Crippen molar-refractivity contribution in [1.82, 2.24) is 4.90 Å². The molecule has 3 rings (SSSR count). The lowest BCUT2D eigenvalue weighted by Gasteiger charge is -2.38. The molecule has 0 unspecified atom stereocenters. The Bertz CT molecular complexity index is 665. The molecule has 1 aliphatic heterocycles. The lowest BCUT2D eigenvalue weighted by atomic mass is 9.81. The van der Waals surface area contributed by atoms with E-state index in [1.807, 2.05) is 0 Å². The number of nitrogens with zero attached hydrogens (tertiary/aromatic N) is 1. The molecule has 5 nitrogen and oxygen atoms in total. The highest BCUT2D eigenvalue weighted by Gasteiger charge is 2.40. The van der Waals surface area contributed by atoms with Gasteiger partial charge in [0.05, 0.1) is 18.8 Å². The van der Waals surface area contributed by atoms with Crippen molar-refractivity contribution in [2.75, 3.05) is 39.5 Å². The topological polar surface area (TPSA) is 48.0 Å². The van der Waals surface area contributed by atoms with E-state index in [1.165, 1.54) is 31.0 Å². The molecule has 162 valence electrons. The van der Waals surface area contributed by atoms with Crippen molar-refractivity contribution in [3.05, 3.63) is 29.6 Å². The zero-order chi connectivity index (χ0) is 20.7. The summed E-state index contributed by atoms with van der Waals surface area (Å²) in [5.74, 6) is -0.286. The van der Waals surface area contributed by atoms with Crippen LogP contribution in [0, 0.1) is 11.7 Å². The Morgan fingerprint density at radius 3 is 2.55 bits per heavy atom. The van der Waals surface area contributed by atoms with Crippen LogP contribution in [0.1, 0.15) is 62.7 Å². The fourth-order valence-electron chi connectivity index (χ4n) is 4.61. The summed E-state index contributed by atoms with van der Waals surface area (Å²) in [6.07, 6.45) is 6.28. The third-order valence-electron chi connectivity index (χ3n) is 6.52. The SMILES string of the molecule is CCC(CC)(Oc1cc(C(=O)OCCN2CCOCC2)ccc1F)C1CCCC1. The van der Waals surface area contributed by atoms with E-state index in [9.17, 15) is 9.18 Å². The largest absolute Gasteiger partial charge is 0.484 e. The highest BCUT2D eigenvalue weighted by Crippen LogP contribution is 2.41. The number of hydrogen-bond donors (Lipinski definition) is 0. The number of carbonyl (C=O) groups is 1. The molecule has 0 aromatic heterocycles. The molecule has 6 heteroatoms. The van der Waals surface area contributed by atoms with Gasteiger partial charge < -0.3 is 14.2 Å². The average molecular weight is 408 g/mol. The molecule has 1 aromatic rings. The van der Waals surface area contributed by atoms with Crippen LogP contribution in [0.5, 0.6) is 5.75 Å². The molecule has 0 spiro atoms. The third kappa shape index (κ3) is 5.48. The molecule has 1 saturated carbocycles. The maximum Gasteiger partial charge on any atom is 0.338 e. The molecular weight excluding hydrogens is 373 g/mol. The Labute approximate surface area is 173 Å². The van der Waals surface area contributed by atoms with E-state index in [1.54, 1.807) is 0 Å². The second-order valence-electron chi connectivity index (χ2n) is 8.09. The van der Waals surface area contributed by atoms with Crippen LogP contribution in [0.2, 0.25) is 0 Å². The first-order valence-corrected chi connectivity index (χ1v) is 11.0. The van der Waals surface area contributed by atoms with Crippen LogP contribution < -0.4 is 4.74 Å². The Morgan fingerprint density at radius 2 is 1.90 bits per heavy atom. The van der Waals surface area contributed by atoms with Gasteiger partial charge in [-0.3, -0.25) is 4.90 Å². The van der Waals surface area contributed by atoms with Gasteiger partial charge in [-0.2, -0.15) is 0 Å². The minimum absolute atomic E-state index is 0.156. The maximum atomic E-state index is 14.5. The standard InChI is InChI=1S/C23H34FNO4/c1-3-23(4-2,19-7-5-6-8-19)29-21-17-18(9-10-20(21)24)22(26)28-16-13-25-11-14-27-15-12-25/h9-10,17,19H,3-8,11-16H2,1-2H3. The lowest BCUT2D eigenvalue weighted by molar-refractivity contribution is -0.00110. The van der Waals surface area contributed by atoms with Gasteiger partial charge in [0.2, 0.25) is 0 Å². The van der Waals surface area contributed by atoms with Crippen molar-refractivity contribution in [2.24, 2.45) is 5.92 Å². The monoisotopic (exact) mass is 407 g/mol. The zero-order valence-corrected chi connectivity index (χ0v) is 17.8. The van der Waals surface area contributed by atoms with Gasteiger partial charge in [0.15, 0.2) is 11.6 Å². The Morgan fingerprint density at radius 1 is 1.21 bits per heavy atom. The Kier molecular flexibility index (Phi) is 7.90. The van der Waals surface area contributed by atoms with Crippen LogP contribution in [-0.2, 0) is 9.47 Å². The van der Waals surface area contributed by atoms with E-state index >= 15 is 0 Å². The second kappa shape index (κ2) is 10.4. The number of halogens is 1. The number of rotatable bonds is 9. The van der Waals surface area contributed by atoms with Crippen LogP contribution in [0.15, 0.2) is 18.2 Å². The molecule has 0 amide bonds. The number of esters is 1. The number of carbonyl (C=O) groups excluding carboxylic acids is 1. The van der Waals surface area contributed by atoms with E-state index in [0.717, 1.165) is 38.8 Å². The van der Waals surface area contributed by atoms with Crippen LogP contribution in [-0.4, -0.2) is 55.9 Å². The minimum Gasteiger partial charge on any atom is -0.484 e. The quantitative estimate of drug-likeness (QED) is 0.566. The summed E-state index contributed by atoms with van der Waals surface area (Å²) in [4.78, 5) is 14.7. The summed E-state index contributed by atoms with van der Waals surface area (Å²) in [7, 11) is 0. The molecule has 0 bridgehead atoms. The van der Waals surface area contributed by atoms with Crippen molar-refractivity contribution >= 4 is 5.97 Å². The van der Waals surface area contributed by atoms with Gasteiger partial charge in [-0.15, -0.1) is 0 Å². The first-order chi connectivity index (χ1) is 14.1. The van der Waals surface area contributed by atoms with Crippen LogP contribution in [0.3, 0.4) is 0 Å². The predicted octanol–water partition coefficient (Wildman–Crippen LogP) is 4.44. The molecule has 2 fully saturated rings. The molecule has 1 heterocycles. The molecule has 1 saturated heterocycles. The van der Waals surface area contributed by atoms with Gasteiger partial charge in [0.1, 0.15) is 12.2 Å². The van der Waals surface area contributed by atoms with Gasteiger partial charge in [-0.05, 0) is 49.8 Å². The molecular formula is C23H34FNO4. The van der Waals surface area contributed by atoms with Crippen LogP contribution in [0.25, 0.3) is 0 Å². The maximum absolute atomic E-state index is 14.5. The summed E-state index contributed by atoms with van der Waals surface area (Å²) < 4.78 is 31.5. The van der Waals surface area contributed by atoms with E-state index in [-0.39, 0.29) is 11.4 Å². The van der Waals surface area contributed by atoms with E-state index in [0.29, 0.717) is 37.8 Å². The summed E-state index contributed by atoms with van der Waals surface area (Å²) in [6, 6.07) is 4.27. The smallest absolute Gasteiger partial charge is 0.338 e. The number of benzene rings is 1. The highest BCUT2D eigenvalue weighted by atomic mass is 19.1. The lowest BCUT2D eigenvalue weighted by Crippen LogP contribution is -2.42. The predicted molar refractivity (Wildman–Crippen MR) is 110 cm³/mol. The van der Waals surface area contributed by atoms with Crippen molar-refractivity contribution in [3.8, 4) is 5.75 Å². The number of morpholine rings is 1. The summed E-state index contributed by atoms with van der Waals surface area (Å²) in [5.41, 5.74) is -0.0492. The van der Waals surface area contributed by atoms with Gasteiger partial charge in [-0.25, -0.2) is 9.18 Å². The van der Waals surface area contributed by atoms with Crippen LogP contribution >= 0.6 is 0 Å². The normalized spacial score (nSPS) is 18.7. The summed E-state index contributed by atoms with van der Waals surface area (Å²) in [5, 5.41) is 0. The van der Waals surface area contributed by atoms with Gasteiger partial charge in [0, 0.05) is 19.6 Å².